The molecule has 0 spiro atoms. The Kier molecular flexibility index (Phi) is 6.76. The Morgan fingerprint density at radius 3 is 2.44 bits per heavy atom. The first-order valence-electron chi connectivity index (χ1n) is 11.4. The minimum Gasteiger partial charge on any atom is -0.488 e. The number of nitrogens with one attached hydrogen (secondary N) is 1. The van der Waals surface area contributed by atoms with Gasteiger partial charge in [0.25, 0.3) is 5.91 Å². The molecule has 36 heavy (non-hydrogen) atoms. The SMILES string of the molecule is O=C(N/N=C/c1ccccc1OCc1ccc(F)cc1)c1cc(-c2ccccc2)nc2ccccc12. The highest BCUT2D eigenvalue weighted by Gasteiger charge is 2.13. The summed E-state index contributed by atoms with van der Waals surface area (Å²) in [7, 11) is 0. The average molecular weight is 476 g/mol. The van der Waals surface area contributed by atoms with Gasteiger partial charge in [-0.3, -0.25) is 4.79 Å². The molecule has 0 saturated heterocycles. The third-order valence-electron chi connectivity index (χ3n) is 5.63. The van der Waals surface area contributed by atoms with Crippen LogP contribution in [0.25, 0.3) is 22.2 Å². The van der Waals surface area contributed by atoms with Gasteiger partial charge < -0.3 is 4.74 Å². The molecule has 0 aliphatic heterocycles. The number of nitrogens with zero attached hydrogens (tertiary/aromatic N) is 2. The number of ether oxygens (including phenoxy) is 1. The highest BCUT2D eigenvalue weighted by atomic mass is 19.1. The fourth-order valence-corrected chi connectivity index (χ4v) is 3.80. The van der Waals surface area contributed by atoms with Gasteiger partial charge in [-0.25, -0.2) is 14.8 Å². The number of hydrogen-bond acceptors (Lipinski definition) is 4. The molecular weight excluding hydrogens is 453 g/mol. The van der Waals surface area contributed by atoms with Crippen LogP contribution < -0.4 is 10.2 Å². The Hall–Kier alpha value is -4.84. The Labute approximate surface area is 207 Å². The van der Waals surface area contributed by atoms with Crippen molar-refractivity contribution in [1.82, 2.24) is 10.4 Å². The third kappa shape index (κ3) is 5.28. The number of para-hydroxylation sites is 2. The van der Waals surface area contributed by atoms with Crippen LogP contribution in [0.15, 0.2) is 114 Å². The molecule has 176 valence electrons. The molecule has 0 unspecified atom stereocenters. The second kappa shape index (κ2) is 10.6. The number of rotatable bonds is 7. The molecule has 0 atom stereocenters. The van der Waals surface area contributed by atoms with Crippen molar-refractivity contribution in [1.29, 1.82) is 0 Å². The van der Waals surface area contributed by atoms with Crippen molar-refractivity contribution < 1.29 is 13.9 Å². The number of carbonyl (C=O) groups is 1. The van der Waals surface area contributed by atoms with Crippen molar-refractivity contribution in [3.8, 4) is 17.0 Å². The molecule has 0 radical (unpaired) electrons. The van der Waals surface area contributed by atoms with Crippen LogP contribution in [0.2, 0.25) is 0 Å². The molecule has 6 heteroatoms. The summed E-state index contributed by atoms with van der Waals surface area (Å²) >= 11 is 0. The van der Waals surface area contributed by atoms with E-state index in [1.54, 1.807) is 24.4 Å². The summed E-state index contributed by atoms with van der Waals surface area (Å²) in [6.07, 6.45) is 1.54. The van der Waals surface area contributed by atoms with Crippen molar-refractivity contribution in [2.24, 2.45) is 5.10 Å². The lowest BCUT2D eigenvalue weighted by atomic mass is 10.0. The van der Waals surface area contributed by atoms with Gasteiger partial charge in [0.1, 0.15) is 18.2 Å². The summed E-state index contributed by atoms with van der Waals surface area (Å²) in [5.41, 5.74) is 7.02. The van der Waals surface area contributed by atoms with E-state index in [2.05, 4.69) is 10.5 Å². The summed E-state index contributed by atoms with van der Waals surface area (Å²) in [6, 6.07) is 32.5. The predicted octanol–water partition coefficient (Wildman–Crippen LogP) is 6.38. The topological polar surface area (TPSA) is 63.6 Å². The van der Waals surface area contributed by atoms with Crippen LogP contribution in [0.5, 0.6) is 5.75 Å². The summed E-state index contributed by atoms with van der Waals surface area (Å²) < 4.78 is 19.0. The van der Waals surface area contributed by atoms with Gasteiger partial charge in [-0.2, -0.15) is 5.10 Å². The highest BCUT2D eigenvalue weighted by molar-refractivity contribution is 6.07. The number of hydrogen-bond donors (Lipinski definition) is 1. The molecule has 0 bridgehead atoms. The quantitative estimate of drug-likeness (QED) is 0.219. The van der Waals surface area contributed by atoms with Gasteiger partial charge in [0, 0.05) is 16.5 Å². The second-order valence-electron chi connectivity index (χ2n) is 8.09. The van der Waals surface area contributed by atoms with Crippen LogP contribution in [0, 0.1) is 5.82 Å². The second-order valence-corrected chi connectivity index (χ2v) is 8.09. The van der Waals surface area contributed by atoms with Crippen molar-refractivity contribution in [3.05, 3.63) is 132 Å². The lowest BCUT2D eigenvalue weighted by Gasteiger charge is -2.10. The maximum Gasteiger partial charge on any atom is 0.272 e. The summed E-state index contributed by atoms with van der Waals surface area (Å²) in [4.78, 5) is 17.9. The van der Waals surface area contributed by atoms with Crippen LogP contribution in [-0.2, 0) is 6.61 Å². The van der Waals surface area contributed by atoms with E-state index in [0.29, 0.717) is 22.6 Å². The Morgan fingerprint density at radius 2 is 1.61 bits per heavy atom. The van der Waals surface area contributed by atoms with E-state index in [9.17, 15) is 9.18 Å². The fraction of sp³-hybridized carbons (Fsp3) is 0.0333. The maximum atomic E-state index is 13.1. The lowest BCUT2D eigenvalue weighted by Crippen LogP contribution is -2.18. The Morgan fingerprint density at radius 1 is 0.889 bits per heavy atom. The zero-order valence-corrected chi connectivity index (χ0v) is 19.3. The van der Waals surface area contributed by atoms with Crippen molar-refractivity contribution in [3.63, 3.8) is 0 Å². The molecule has 0 aliphatic rings. The summed E-state index contributed by atoms with van der Waals surface area (Å²) in [5, 5.41) is 4.92. The van der Waals surface area contributed by atoms with Crippen molar-refractivity contribution >= 4 is 23.0 Å². The number of hydrazone groups is 1. The van der Waals surface area contributed by atoms with Crippen molar-refractivity contribution in [2.45, 2.75) is 6.61 Å². The predicted molar refractivity (Wildman–Crippen MR) is 139 cm³/mol. The van der Waals surface area contributed by atoms with Crippen molar-refractivity contribution in [2.75, 3.05) is 0 Å². The van der Waals surface area contributed by atoms with Gasteiger partial charge in [-0.15, -0.1) is 0 Å². The van der Waals surface area contributed by atoms with Gasteiger partial charge in [0.15, 0.2) is 0 Å². The Balaban J connectivity index is 1.35. The first kappa shape index (κ1) is 22.9. The van der Waals surface area contributed by atoms with Crippen LogP contribution in [0.4, 0.5) is 4.39 Å². The fourth-order valence-electron chi connectivity index (χ4n) is 3.80. The normalized spacial score (nSPS) is 11.0. The number of aromatic nitrogens is 1. The first-order valence-corrected chi connectivity index (χ1v) is 11.4. The molecule has 5 aromatic rings. The zero-order chi connectivity index (χ0) is 24.7. The van der Waals surface area contributed by atoms with E-state index in [1.165, 1.54) is 12.1 Å². The zero-order valence-electron chi connectivity index (χ0n) is 19.3. The summed E-state index contributed by atoms with van der Waals surface area (Å²) in [6.45, 7) is 0.281. The lowest BCUT2D eigenvalue weighted by molar-refractivity contribution is 0.0956. The smallest absolute Gasteiger partial charge is 0.272 e. The Bertz CT molecular complexity index is 1530. The standard InChI is InChI=1S/C30H22FN3O2/c31-24-16-14-21(15-17-24)20-36-29-13-7-4-10-23(29)19-32-34-30(35)26-18-28(22-8-2-1-3-9-22)33-27-12-6-5-11-25(26)27/h1-19H,20H2,(H,34,35)/b32-19+. The van der Waals surface area contributed by atoms with Crippen LogP contribution in [0.1, 0.15) is 21.5 Å². The largest absolute Gasteiger partial charge is 0.488 e. The average Bonchev–Trinajstić information content (AvgIpc) is 2.93. The minimum absolute atomic E-state index is 0.281. The van der Waals surface area contributed by atoms with Gasteiger partial charge in [0.2, 0.25) is 0 Å². The third-order valence-corrected chi connectivity index (χ3v) is 5.63. The maximum absolute atomic E-state index is 13.1. The molecule has 1 aromatic heterocycles. The molecule has 5 rings (SSSR count). The molecule has 1 heterocycles. The molecule has 5 nitrogen and oxygen atoms in total. The monoisotopic (exact) mass is 475 g/mol. The van der Waals surface area contributed by atoms with Crippen LogP contribution in [-0.4, -0.2) is 17.1 Å². The van der Waals surface area contributed by atoms with Crippen LogP contribution in [0.3, 0.4) is 0 Å². The number of carbonyl (C=O) groups excluding carboxylic acids is 1. The molecule has 0 saturated carbocycles. The number of halogens is 1. The van der Waals surface area contributed by atoms with E-state index in [1.807, 2.05) is 78.9 Å². The van der Waals surface area contributed by atoms with Gasteiger partial charge in [0.05, 0.1) is 23.0 Å². The van der Waals surface area contributed by atoms with E-state index in [-0.39, 0.29) is 18.3 Å². The summed E-state index contributed by atoms with van der Waals surface area (Å²) in [5.74, 6) is -0.0350. The first-order chi connectivity index (χ1) is 17.7. The molecule has 4 aromatic carbocycles. The number of amides is 1. The number of benzene rings is 4. The highest BCUT2D eigenvalue weighted by Crippen LogP contribution is 2.25. The minimum atomic E-state index is -0.341. The molecule has 0 fully saturated rings. The van der Waals surface area contributed by atoms with E-state index in [4.69, 9.17) is 9.72 Å². The number of fused-ring (bicyclic) bond motifs is 1. The van der Waals surface area contributed by atoms with Gasteiger partial charge >= 0.3 is 0 Å². The van der Waals surface area contributed by atoms with Gasteiger partial charge in [-0.05, 0) is 42.0 Å². The molecule has 0 aliphatic carbocycles. The molecular formula is C30H22FN3O2. The van der Waals surface area contributed by atoms with E-state index in [0.717, 1.165) is 22.0 Å². The molecule has 1 N–H and O–H groups in total. The van der Waals surface area contributed by atoms with E-state index < -0.39 is 0 Å². The van der Waals surface area contributed by atoms with Gasteiger partial charge in [-0.1, -0.05) is 72.8 Å². The van der Waals surface area contributed by atoms with E-state index >= 15 is 0 Å². The van der Waals surface area contributed by atoms with Crippen LogP contribution >= 0.6 is 0 Å². The number of pyridine rings is 1. The molecule has 1 amide bonds.